The molecule has 1 amide bonds. The number of methoxy groups -OCH3 is 1. The van der Waals surface area contributed by atoms with Crippen molar-refractivity contribution < 1.29 is 9.53 Å². The quantitative estimate of drug-likeness (QED) is 0.276. The average molecular weight is 491 g/mol. The number of hydrogen-bond acceptors (Lipinski definition) is 5. The van der Waals surface area contributed by atoms with Gasteiger partial charge in [-0.3, -0.25) is 4.79 Å². The van der Waals surface area contributed by atoms with Gasteiger partial charge in [0.15, 0.2) is 11.0 Å². The zero-order valence-corrected chi connectivity index (χ0v) is 21.4. The zero-order valence-electron chi connectivity index (χ0n) is 20.6. The maximum absolute atomic E-state index is 12.8. The molecule has 1 aliphatic rings. The number of thioether (sulfide) groups is 1. The van der Waals surface area contributed by atoms with Crippen LogP contribution in [0, 0.1) is 0 Å². The lowest BCUT2D eigenvalue weighted by molar-refractivity contribution is -0.120. The molecular weight excluding hydrogens is 456 g/mol. The second-order valence-electron chi connectivity index (χ2n) is 8.83. The van der Waals surface area contributed by atoms with Gasteiger partial charge >= 0.3 is 0 Å². The Hall–Kier alpha value is -3.06. The highest BCUT2D eigenvalue weighted by Crippen LogP contribution is 2.28. The first-order valence-corrected chi connectivity index (χ1v) is 13.3. The third-order valence-corrected chi connectivity index (χ3v) is 7.39. The van der Waals surface area contributed by atoms with E-state index in [2.05, 4.69) is 50.4 Å². The van der Waals surface area contributed by atoms with Gasteiger partial charge in [-0.15, -0.1) is 10.2 Å². The standard InChI is InChI=1S/C28H34N4O2S/c1-21(27(33)29-19-17-22-9-5-3-6-10-22)35-28-31-30-26(24-13-15-25(34-2)16-14-24)32(28)20-18-23-11-7-4-8-12-23/h4,7-9,11-16,21H,3,5-6,10,17-20H2,1-2H3,(H,29,33). The second-order valence-corrected chi connectivity index (χ2v) is 10.1. The Kier molecular flexibility index (Phi) is 9.01. The Morgan fingerprint density at radius 1 is 1.09 bits per heavy atom. The molecule has 0 aliphatic heterocycles. The van der Waals surface area contributed by atoms with Gasteiger partial charge in [0.25, 0.3) is 0 Å². The normalized spacial score (nSPS) is 14.3. The van der Waals surface area contributed by atoms with E-state index >= 15 is 0 Å². The SMILES string of the molecule is COc1ccc(-c2nnc(SC(C)C(=O)NCCC3=CCCCC3)n2CCc2ccccc2)cc1. The number of benzene rings is 2. The summed E-state index contributed by atoms with van der Waals surface area (Å²) in [6, 6.07) is 18.2. The second kappa shape index (κ2) is 12.6. The van der Waals surface area contributed by atoms with E-state index in [1.54, 1.807) is 7.11 Å². The van der Waals surface area contributed by atoms with Crippen LogP contribution in [0.3, 0.4) is 0 Å². The number of carbonyl (C=O) groups excluding carboxylic acids is 1. The first-order valence-electron chi connectivity index (χ1n) is 12.4. The Morgan fingerprint density at radius 2 is 1.89 bits per heavy atom. The summed E-state index contributed by atoms with van der Waals surface area (Å²) in [5.41, 5.74) is 3.69. The molecule has 6 nitrogen and oxygen atoms in total. The molecule has 0 bridgehead atoms. The molecule has 35 heavy (non-hydrogen) atoms. The van der Waals surface area contributed by atoms with E-state index < -0.39 is 0 Å². The van der Waals surface area contributed by atoms with Crippen molar-refractivity contribution in [2.24, 2.45) is 0 Å². The van der Waals surface area contributed by atoms with Crippen molar-refractivity contribution in [3.05, 3.63) is 71.8 Å². The Bertz CT molecular complexity index is 1130. The van der Waals surface area contributed by atoms with Crippen molar-refractivity contribution in [2.45, 2.75) is 62.4 Å². The monoisotopic (exact) mass is 490 g/mol. The first-order chi connectivity index (χ1) is 17.1. The maximum Gasteiger partial charge on any atom is 0.233 e. The number of nitrogens with zero attached hydrogens (tertiary/aromatic N) is 3. The Morgan fingerprint density at radius 3 is 2.60 bits per heavy atom. The molecule has 184 valence electrons. The molecule has 0 saturated carbocycles. The average Bonchev–Trinajstić information content (AvgIpc) is 3.30. The van der Waals surface area contributed by atoms with Crippen LogP contribution in [0.25, 0.3) is 11.4 Å². The number of carbonyl (C=O) groups is 1. The minimum absolute atomic E-state index is 0.0371. The predicted octanol–water partition coefficient (Wildman–Crippen LogP) is 5.68. The maximum atomic E-state index is 12.8. The van der Waals surface area contributed by atoms with E-state index in [0.717, 1.165) is 41.7 Å². The molecule has 0 fully saturated rings. The molecule has 1 aliphatic carbocycles. The number of aromatic nitrogens is 3. The van der Waals surface area contributed by atoms with Gasteiger partial charge in [0.1, 0.15) is 5.75 Å². The lowest BCUT2D eigenvalue weighted by Gasteiger charge is -2.16. The molecule has 1 N–H and O–H groups in total. The summed E-state index contributed by atoms with van der Waals surface area (Å²) < 4.78 is 7.42. The highest BCUT2D eigenvalue weighted by molar-refractivity contribution is 8.00. The van der Waals surface area contributed by atoms with Gasteiger partial charge in [0, 0.05) is 18.7 Å². The topological polar surface area (TPSA) is 69.0 Å². The van der Waals surface area contributed by atoms with Crippen LogP contribution in [-0.4, -0.2) is 39.6 Å². The number of ether oxygens (including phenoxy) is 1. The molecule has 3 aromatic rings. The highest BCUT2D eigenvalue weighted by atomic mass is 32.2. The third-order valence-electron chi connectivity index (χ3n) is 6.31. The smallest absolute Gasteiger partial charge is 0.233 e. The number of amides is 1. The van der Waals surface area contributed by atoms with Crippen LogP contribution in [0.5, 0.6) is 5.75 Å². The van der Waals surface area contributed by atoms with Gasteiger partial charge in [-0.2, -0.15) is 0 Å². The van der Waals surface area contributed by atoms with Crippen LogP contribution in [0.15, 0.2) is 71.4 Å². The number of rotatable bonds is 11. The molecule has 1 heterocycles. The number of nitrogens with one attached hydrogen (secondary N) is 1. The fourth-order valence-corrected chi connectivity index (χ4v) is 5.15. The van der Waals surface area contributed by atoms with Crippen molar-refractivity contribution in [1.82, 2.24) is 20.1 Å². The van der Waals surface area contributed by atoms with Crippen LogP contribution in [0.2, 0.25) is 0 Å². The highest BCUT2D eigenvalue weighted by Gasteiger charge is 2.21. The van der Waals surface area contributed by atoms with Gasteiger partial charge in [-0.1, -0.05) is 53.7 Å². The molecule has 7 heteroatoms. The van der Waals surface area contributed by atoms with Crippen molar-refractivity contribution in [1.29, 1.82) is 0 Å². The minimum Gasteiger partial charge on any atom is -0.497 e. The van der Waals surface area contributed by atoms with E-state index in [1.165, 1.54) is 48.6 Å². The number of hydrogen-bond donors (Lipinski definition) is 1. The van der Waals surface area contributed by atoms with E-state index in [0.29, 0.717) is 6.54 Å². The van der Waals surface area contributed by atoms with Crippen molar-refractivity contribution in [3.8, 4) is 17.1 Å². The van der Waals surface area contributed by atoms with Crippen LogP contribution in [0.1, 0.15) is 44.6 Å². The molecule has 0 saturated heterocycles. The summed E-state index contributed by atoms with van der Waals surface area (Å²) in [4.78, 5) is 12.8. The fourth-order valence-electron chi connectivity index (χ4n) is 4.25. The van der Waals surface area contributed by atoms with Gasteiger partial charge in [0.2, 0.25) is 5.91 Å². The van der Waals surface area contributed by atoms with Gasteiger partial charge in [-0.25, -0.2) is 0 Å². The summed E-state index contributed by atoms with van der Waals surface area (Å²) in [7, 11) is 1.66. The lowest BCUT2D eigenvalue weighted by Crippen LogP contribution is -2.32. The van der Waals surface area contributed by atoms with E-state index in [-0.39, 0.29) is 11.2 Å². The first kappa shape index (κ1) is 25.0. The van der Waals surface area contributed by atoms with Crippen molar-refractivity contribution in [3.63, 3.8) is 0 Å². The summed E-state index contributed by atoms with van der Waals surface area (Å²) in [6.07, 6.45) is 9.02. The number of aryl methyl sites for hydroxylation is 1. The summed E-state index contributed by atoms with van der Waals surface area (Å²) in [6.45, 7) is 3.35. The Labute approximate surface area is 212 Å². The van der Waals surface area contributed by atoms with E-state index in [9.17, 15) is 4.79 Å². The molecule has 1 atom stereocenters. The third kappa shape index (κ3) is 6.98. The van der Waals surface area contributed by atoms with E-state index in [1.807, 2.05) is 37.3 Å². The van der Waals surface area contributed by atoms with Crippen LogP contribution in [0.4, 0.5) is 0 Å². The lowest BCUT2D eigenvalue weighted by atomic mass is 9.97. The van der Waals surface area contributed by atoms with Gasteiger partial charge < -0.3 is 14.6 Å². The van der Waals surface area contributed by atoms with E-state index in [4.69, 9.17) is 4.74 Å². The van der Waals surface area contributed by atoms with Crippen molar-refractivity contribution >= 4 is 17.7 Å². The molecule has 0 radical (unpaired) electrons. The minimum atomic E-state index is -0.265. The number of allylic oxidation sites excluding steroid dienone is 1. The Balaban J connectivity index is 1.45. The van der Waals surface area contributed by atoms with Crippen LogP contribution >= 0.6 is 11.8 Å². The summed E-state index contributed by atoms with van der Waals surface area (Å²) in [5, 5.41) is 12.6. The van der Waals surface area contributed by atoms with Gasteiger partial charge in [-0.05, 0) is 75.3 Å². The molecule has 2 aromatic carbocycles. The fraction of sp³-hybridized carbons (Fsp3) is 0.393. The molecule has 1 aromatic heterocycles. The van der Waals surface area contributed by atoms with Crippen LogP contribution < -0.4 is 10.1 Å². The predicted molar refractivity (Wildman–Crippen MR) is 142 cm³/mol. The van der Waals surface area contributed by atoms with Crippen molar-refractivity contribution in [2.75, 3.05) is 13.7 Å². The molecule has 1 unspecified atom stereocenters. The largest absolute Gasteiger partial charge is 0.497 e. The summed E-state index contributed by atoms with van der Waals surface area (Å²) >= 11 is 1.46. The zero-order chi connectivity index (χ0) is 24.5. The molecule has 0 spiro atoms. The summed E-state index contributed by atoms with van der Waals surface area (Å²) in [5.74, 6) is 1.63. The van der Waals surface area contributed by atoms with Gasteiger partial charge in [0.05, 0.1) is 12.4 Å². The van der Waals surface area contributed by atoms with Crippen LogP contribution in [-0.2, 0) is 17.8 Å². The molecule has 4 rings (SSSR count). The molecular formula is C28H34N4O2S.